The minimum Gasteiger partial charge on any atom is -0.340 e. The molecular weight excluding hydrogens is 276 g/mol. The van der Waals surface area contributed by atoms with Gasteiger partial charge >= 0.3 is 0 Å². The predicted molar refractivity (Wildman–Crippen MR) is 85.7 cm³/mol. The lowest BCUT2D eigenvalue weighted by Gasteiger charge is -2.13. The number of hydrogen-bond donors (Lipinski definition) is 0. The largest absolute Gasteiger partial charge is 0.340 e. The second-order valence-electron chi connectivity index (χ2n) is 5.23. The third-order valence-corrected chi connectivity index (χ3v) is 3.55. The first-order valence-corrected chi connectivity index (χ1v) is 7.35. The van der Waals surface area contributed by atoms with E-state index >= 15 is 0 Å². The van der Waals surface area contributed by atoms with Crippen molar-refractivity contribution < 1.29 is 4.79 Å². The Bertz CT molecular complexity index is 795. The second kappa shape index (κ2) is 5.97. The van der Waals surface area contributed by atoms with Gasteiger partial charge in [0.15, 0.2) is 5.65 Å². The molecule has 2 aromatic heterocycles. The first-order valence-electron chi connectivity index (χ1n) is 7.35. The number of benzene rings is 1. The summed E-state index contributed by atoms with van der Waals surface area (Å²) in [6.07, 6.45) is 6.22. The van der Waals surface area contributed by atoms with Crippen LogP contribution in [0.5, 0.6) is 0 Å². The number of rotatable bonds is 4. The molecule has 5 nitrogen and oxygen atoms in total. The van der Waals surface area contributed by atoms with Crippen molar-refractivity contribution >= 4 is 11.6 Å². The lowest BCUT2D eigenvalue weighted by Crippen LogP contribution is -2.27. The Morgan fingerprint density at radius 1 is 1.27 bits per heavy atom. The molecule has 0 spiro atoms. The van der Waals surface area contributed by atoms with E-state index in [1.807, 2.05) is 47.9 Å². The molecule has 22 heavy (non-hydrogen) atoms. The molecule has 0 aliphatic rings. The number of carbonyl (C=O) groups excluding carboxylic acids is 1. The fraction of sp³-hybridized carbons (Fsp3) is 0.235. The summed E-state index contributed by atoms with van der Waals surface area (Å²) in [4.78, 5) is 23.0. The molecule has 0 radical (unpaired) electrons. The Kier molecular flexibility index (Phi) is 3.87. The van der Waals surface area contributed by atoms with Gasteiger partial charge in [-0.1, -0.05) is 37.3 Å². The van der Waals surface area contributed by atoms with E-state index in [0.29, 0.717) is 11.3 Å². The molecule has 2 heterocycles. The molecular formula is C17H18N4O. The van der Waals surface area contributed by atoms with Crippen molar-refractivity contribution in [3.8, 4) is 11.3 Å². The van der Waals surface area contributed by atoms with Gasteiger partial charge in [-0.05, 0) is 6.42 Å². The van der Waals surface area contributed by atoms with E-state index < -0.39 is 0 Å². The summed E-state index contributed by atoms with van der Waals surface area (Å²) >= 11 is 0. The van der Waals surface area contributed by atoms with Crippen molar-refractivity contribution in [2.45, 2.75) is 13.3 Å². The van der Waals surface area contributed by atoms with Crippen molar-refractivity contribution in [1.29, 1.82) is 0 Å². The summed E-state index contributed by atoms with van der Waals surface area (Å²) in [6, 6.07) is 9.86. The number of aromatic nitrogens is 3. The molecule has 0 N–H and O–H groups in total. The fourth-order valence-corrected chi connectivity index (χ4v) is 2.46. The molecule has 0 aliphatic carbocycles. The summed E-state index contributed by atoms with van der Waals surface area (Å²) < 4.78 is 1.85. The van der Waals surface area contributed by atoms with Crippen LogP contribution in [0.1, 0.15) is 23.8 Å². The third kappa shape index (κ3) is 2.57. The Morgan fingerprint density at radius 2 is 2.05 bits per heavy atom. The fourth-order valence-electron chi connectivity index (χ4n) is 2.46. The molecule has 112 valence electrons. The van der Waals surface area contributed by atoms with Gasteiger partial charge in [-0.3, -0.25) is 9.78 Å². The SMILES string of the molecule is CCCN(C)C(=O)c1cn2ccnc(-c3ccccc3)c2n1. The summed E-state index contributed by atoms with van der Waals surface area (Å²) in [7, 11) is 1.80. The third-order valence-electron chi connectivity index (χ3n) is 3.55. The van der Waals surface area contributed by atoms with Crippen molar-refractivity contribution in [1.82, 2.24) is 19.3 Å². The average molecular weight is 294 g/mol. The molecule has 3 rings (SSSR count). The molecule has 0 aliphatic heterocycles. The number of imidazole rings is 1. The minimum absolute atomic E-state index is 0.0652. The highest BCUT2D eigenvalue weighted by Crippen LogP contribution is 2.21. The molecule has 0 unspecified atom stereocenters. The lowest BCUT2D eigenvalue weighted by molar-refractivity contribution is 0.0790. The predicted octanol–water partition coefficient (Wildman–Crippen LogP) is 2.88. The van der Waals surface area contributed by atoms with E-state index in [-0.39, 0.29) is 5.91 Å². The first kappa shape index (κ1) is 14.3. The molecule has 0 bridgehead atoms. The maximum atomic E-state index is 12.4. The Balaban J connectivity index is 2.06. The van der Waals surface area contributed by atoms with Crippen LogP contribution in [0.25, 0.3) is 16.9 Å². The normalized spacial score (nSPS) is 10.8. The minimum atomic E-state index is -0.0652. The van der Waals surface area contributed by atoms with Gasteiger partial charge in [0.25, 0.3) is 5.91 Å². The Hall–Kier alpha value is -2.69. The van der Waals surface area contributed by atoms with Crippen LogP contribution in [0.15, 0.2) is 48.9 Å². The zero-order valence-electron chi connectivity index (χ0n) is 12.7. The molecule has 0 saturated carbocycles. The molecule has 3 aromatic rings. The van der Waals surface area contributed by atoms with E-state index in [1.54, 1.807) is 24.3 Å². The maximum Gasteiger partial charge on any atom is 0.273 e. The van der Waals surface area contributed by atoms with Gasteiger partial charge in [-0.15, -0.1) is 0 Å². The standard InChI is InChI=1S/C17H18N4O/c1-3-10-20(2)17(22)14-12-21-11-9-18-15(16(21)19-14)13-7-5-4-6-8-13/h4-9,11-12H,3,10H2,1-2H3. The van der Waals surface area contributed by atoms with E-state index in [4.69, 9.17) is 0 Å². The van der Waals surface area contributed by atoms with Crippen LogP contribution in [0, 0.1) is 0 Å². The average Bonchev–Trinajstić information content (AvgIpc) is 2.99. The Labute approximate surface area is 129 Å². The van der Waals surface area contributed by atoms with Crippen LogP contribution < -0.4 is 0 Å². The zero-order valence-corrected chi connectivity index (χ0v) is 12.7. The van der Waals surface area contributed by atoms with Crippen LogP contribution in [0.4, 0.5) is 0 Å². The van der Waals surface area contributed by atoms with Crippen molar-refractivity contribution in [2.24, 2.45) is 0 Å². The van der Waals surface area contributed by atoms with Crippen LogP contribution in [0.2, 0.25) is 0 Å². The van der Waals surface area contributed by atoms with Crippen LogP contribution >= 0.6 is 0 Å². The van der Waals surface area contributed by atoms with Crippen molar-refractivity contribution in [3.63, 3.8) is 0 Å². The van der Waals surface area contributed by atoms with Crippen LogP contribution in [-0.4, -0.2) is 38.8 Å². The molecule has 5 heteroatoms. The zero-order chi connectivity index (χ0) is 15.5. The van der Waals surface area contributed by atoms with E-state index in [9.17, 15) is 4.79 Å². The van der Waals surface area contributed by atoms with Gasteiger partial charge in [0.05, 0.1) is 0 Å². The van der Waals surface area contributed by atoms with E-state index in [0.717, 1.165) is 24.2 Å². The molecule has 0 saturated heterocycles. The van der Waals surface area contributed by atoms with Crippen LogP contribution in [-0.2, 0) is 0 Å². The number of hydrogen-bond acceptors (Lipinski definition) is 3. The number of amides is 1. The highest BCUT2D eigenvalue weighted by molar-refractivity contribution is 5.93. The van der Waals surface area contributed by atoms with Gasteiger partial charge in [-0.2, -0.15) is 0 Å². The monoisotopic (exact) mass is 294 g/mol. The van der Waals surface area contributed by atoms with Crippen molar-refractivity contribution in [2.75, 3.05) is 13.6 Å². The molecule has 1 amide bonds. The van der Waals surface area contributed by atoms with E-state index in [2.05, 4.69) is 9.97 Å². The highest BCUT2D eigenvalue weighted by Gasteiger charge is 2.17. The maximum absolute atomic E-state index is 12.4. The van der Waals surface area contributed by atoms with Gasteiger partial charge in [-0.25, -0.2) is 4.98 Å². The highest BCUT2D eigenvalue weighted by atomic mass is 16.2. The number of nitrogens with zero attached hydrogens (tertiary/aromatic N) is 4. The van der Waals surface area contributed by atoms with Gasteiger partial charge in [0.2, 0.25) is 0 Å². The second-order valence-corrected chi connectivity index (χ2v) is 5.23. The summed E-state index contributed by atoms with van der Waals surface area (Å²) in [5.41, 5.74) is 2.91. The van der Waals surface area contributed by atoms with Gasteiger partial charge < -0.3 is 9.30 Å². The summed E-state index contributed by atoms with van der Waals surface area (Å²) in [6.45, 7) is 2.77. The van der Waals surface area contributed by atoms with E-state index in [1.165, 1.54) is 0 Å². The van der Waals surface area contributed by atoms with Gasteiger partial charge in [0, 0.05) is 37.7 Å². The smallest absolute Gasteiger partial charge is 0.273 e. The first-order chi connectivity index (χ1) is 10.7. The summed E-state index contributed by atoms with van der Waals surface area (Å²) in [5.74, 6) is -0.0652. The number of carbonyl (C=O) groups is 1. The molecule has 0 fully saturated rings. The molecule has 1 aromatic carbocycles. The van der Waals surface area contributed by atoms with Gasteiger partial charge in [0.1, 0.15) is 11.4 Å². The molecule has 0 atom stereocenters. The van der Waals surface area contributed by atoms with Crippen molar-refractivity contribution in [3.05, 3.63) is 54.6 Å². The number of fused-ring (bicyclic) bond motifs is 1. The Morgan fingerprint density at radius 3 is 2.77 bits per heavy atom. The lowest BCUT2D eigenvalue weighted by atomic mass is 10.1. The van der Waals surface area contributed by atoms with Crippen LogP contribution in [0.3, 0.4) is 0 Å². The topological polar surface area (TPSA) is 50.5 Å². The quantitative estimate of drug-likeness (QED) is 0.743. The summed E-state index contributed by atoms with van der Waals surface area (Å²) in [5, 5.41) is 0.